The van der Waals surface area contributed by atoms with Crippen LogP contribution in [0.4, 0.5) is 0 Å². The number of hydrogen-bond acceptors (Lipinski definition) is 5. The van der Waals surface area contributed by atoms with Crippen molar-refractivity contribution in [1.29, 1.82) is 0 Å². The molecule has 0 aliphatic carbocycles. The summed E-state index contributed by atoms with van der Waals surface area (Å²) in [6.45, 7) is 5.02. The maximum Gasteiger partial charge on any atom is 0.243 e. The van der Waals surface area contributed by atoms with Crippen LogP contribution in [-0.4, -0.2) is 48.7 Å². The predicted molar refractivity (Wildman–Crippen MR) is 121 cm³/mol. The summed E-state index contributed by atoms with van der Waals surface area (Å²) < 4.78 is 27.7. The standard InChI is InChI=1S/C22H27N3O3S2/c1-4-25(5-2)30(27,28)18-13-10-17(11-14-18)12-15-22(26)24(3)16-21-23-19-8-6-7-9-20(19)29-21/h6-11,13-14H,4-5,12,15-16H2,1-3H3. The third-order valence-corrected chi connectivity index (χ3v) is 8.12. The van der Waals surface area contributed by atoms with Crippen molar-refractivity contribution in [2.24, 2.45) is 0 Å². The summed E-state index contributed by atoms with van der Waals surface area (Å²) in [5, 5.41) is 0.915. The lowest BCUT2D eigenvalue weighted by atomic mass is 10.1. The van der Waals surface area contributed by atoms with E-state index in [9.17, 15) is 13.2 Å². The minimum absolute atomic E-state index is 0.0362. The molecule has 8 heteroatoms. The van der Waals surface area contributed by atoms with E-state index in [4.69, 9.17) is 0 Å². The van der Waals surface area contributed by atoms with Gasteiger partial charge >= 0.3 is 0 Å². The Kier molecular flexibility index (Phi) is 7.23. The smallest absolute Gasteiger partial charge is 0.243 e. The van der Waals surface area contributed by atoms with Gasteiger partial charge in [0.25, 0.3) is 0 Å². The van der Waals surface area contributed by atoms with Gasteiger partial charge in [-0.2, -0.15) is 4.31 Å². The van der Waals surface area contributed by atoms with Gasteiger partial charge < -0.3 is 4.90 Å². The van der Waals surface area contributed by atoms with Crippen molar-refractivity contribution in [3.8, 4) is 0 Å². The third kappa shape index (κ3) is 5.06. The molecule has 6 nitrogen and oxygen atoms in total. The number of sulfonamides is 1. The number of carbonyl (C=O) groups excluding carboxylic acids is 1. The Balaban J connectivity index is 1.57. The van der Waals surface area contributed by atoms with Crippen LogP contribution in [0, 0.1) is 0 Å². The Morgan fingerprint density at radius 3 is 2.33 bits per heavy atom. The SMILES string of the molecule is CCN(CC)S(=O)(=O)c1ccc(CCC(=O)N(C)Cc2nc3ccccc3s2)cc1. The highest BCUT2D eigenvalue weighted by molar-refractivity contribution is 7.89. The minimum atomic E-state index is -3.46. The van der Waals surface area contributed by atoms with Crippen molar-refractivity contribution < 1.29 is 13.2 Å². The Hall–Kier alpha value is -2.29. The van der Waals surface area contributed by atoms with Gasteiger partial charge in [0, 0.05) is 26.6 Å². The number of aromatic nitrogens is 1. The molecule has 1 aromatic heterocycles. The van der Waals surface area contributed by atoms with Crippen molar-refractivity contribution >= 4 is 37.5 Å². The summed E-state index contributed by atoms with van der Waals surface area (Å²) in [6, 6.07) is 14.8. The number of para-hydroxylation sites is 1. The van der Waals surface area contributed by atoms with Gasteiger partial charge in [0.1, 0.15) is 5.01 Å². The van der Waals surface area contributed by atoms with E-state index in [1.54, 1.807) is 47.5 Å². The highest BCUT2D eigenvalue weighted by Gasteiger charge is 2.21. The molecule has 0 saturated heterocycles. The van der Waals surface area contributed by atoms with Crippen molar-refractivity contribution in [3.63, 3.8) is 0 Å². The molecule has 0 spiro atoms. The molecule has 2 aromatic carbocycles. The van der Waals surface area contributed by atoms with E-state index in [0.717, 1.165) is 20.8 Å². The molecule has 30 heavy (non-hydrogen) atoms. The van der Waals surface area contributed by atoms with Crippen LogP contribution in [0.1, 0.15) is 30.8 Å². The van der Waals surface area contributed by atoms with E-state index in [2.05, 4.69) is 4.98 Å². The molecule has 0 atom stereocenters. The van der Waals surface area contributed by atoms with Crippen molar-refractivity contribution in [2.45, 2.75) is 38.1 Å². The van der Waals surface area contributed by atoms with Crippen molar-refractivity contribution in [3.05, 3.63) is 59.1 Å². The van der Waals surface area contributed by atoms with Gasteiger partial charge in [-0.1, -0.05) is 38.1 Å². The monoisotopic (exact) mass is 445 g/mol. The van der Waals surface area contributed by atoms with E-state index in [-0.39, 0.29) is 10.8 Å². The first-order valence-electron chi connectivity index (χ1n) is 10.0. The highest BCUT2D eigenvalue weighted by atomic mass is 32.2. The van der Waals surface area contributed by atoms with Gasteiger partial charge in [-0.3, -0.25) is 4.79 Å². The number of fused-ring (bicyclic) bond motifs is 1. The molecule has 3 aromatic rings. The first kappa shape index (κ1) is 22.4. The molecular formula is C22H27N3O3S2. The summed E-state index contributed by atoms with van der Waals surface area (Å²) in [4.78, 5) is 19.1. The van der Waals surface area contributed by atoms with Gasteiger partial charge in [0.2, 0.25) is 15.9 Å². The highest BCUT2D eigenvalue weighted by Crippen LogP contribution is 2.22. The lowest BCUT2D eigenvalue weighted by Gasteiger charge is -2.18. The molecule has 0 aliphatic rings. The van der Waals surface area contributed by atoms with Gasteiger partial charge in [-0.15, -0.1) is 11.3 Å². The quantitative estimate of drug-likeness (QED) is 0.501. The molecule has 1 amide bonds. The zero-order chi connectivity index (χ0) is 21.7. The first-order valence-corrected chi connectivity index (χ1v) is 12.3. The Morgan fingerprint density at radius 2 is 1.70 bits per heavy atom. The summed E-state index contributed by atoms with van der Waals surface area (Å²) in [5.74, 6) is 0.0362. The Bertz CT molecular complexity index is 1070. The zero-order valence-corrected chi connectivity index (χ0v) is 19.2. The molecular weight excluding hydrogens is 418 g/mol. The van der Waals surface area contributed by atoms with Crippen LogP contribution in [0.5, 0.6) is 0 Å². The number of aryl methyl sites for hydroxylation is 1. The van der Waals surface area contributed by atoms with Crippen LogP contribution in [0.25, 0.3) is 10.2 Å². The average Bonchev–Trinajstić information content (AvgIpc) is 3.15. The molecule has 0 aliphatic heterocycles. The average molecular weight is 446 g/mol. The predicted octanol–water partition coefficient (Wildman–Crippen LogP) is 3.92. The van der Waals surface area contributed by atoms with E-state index in [1.807, 2.05) is 38.1 Å². The fraction of sp³-hybridized carbons (Fsp3) is 0.364. The number of thiazole rings is 1. The normalized spacial score (nSPS) is 11.9. The summed E-state index contributed by atoms with van der Waals surface area (Å²) in [7, 11) is -1.67. The summed E-state index contributed by atoms with van der Waals surface area (Å²) in [5.41, 5.74) is 1.90. The fourth-order valence-electron chi connectivity index (χ4n) is 3.26. The minimum Gasteiger partial charge on any atom is -0.339 e. The number of carbonyl (C=O) groups is 1. The summed E-state index contributed by atoms with van der Waals surface area (Å²) in [6.07, 6.45) is 0.929. The molecule has 0 saturated carbocycles. The number of nitrogens with zero attached hydrogens (tertiary/aromatic N) is 3. The molecule has 0 unspecified atom stereocenters. The molecule has 160 valence electrons. The van der Waals surface area contributed by atoms with Gasteiger partial charge in [0.15, 0.2) is 0 Å². The van der Waals surface area contributed by atoms with E-state index in [0.29, 0.717) is 32.5 Å². The topological polar surface area (TPSA) is 70.6 Å². The molecule has 1 heterocycles. The van der Waals surface area contributed by atoms with Crippen molar-refractivity contribution in [1.82, 2.24) is 14.2 Å². The first-order chi connectivity index (χ1) is 14.3. The van der Waals surface area contributed by atoms with Gasteiger partial charge in [-0.05, 0) is 36.2 Å². The zero-order valence-electron chi connectivity index (χ0n) is 17.5. The second kappa shape index (κ2) is 9.68. The van der Waals surface area contributed by atoms with Crippen LogP contribution < -0.4 is 0 Å². The molecule has 0 radical (unpaired) electrons. The third-order valence-electron chi connectivity index (χ3n) is 5.03. The second-order valence-electron chi connectivity index (χ2n) is 7.06. The van der Waals surface area contributed by atoms with E-state index in [1.165, 1.54) is 4.31 Å². The fourth-order valence-corrected chi connectivity index (χ4v) is 5.74. The van der Waals surface area contributed by atoms with Crippen LogP contribution >= 0.6 is 11.3 Å². The Morgan fingerprint density at radius 1 is 1.03 bits per heavy atom. The molecule has 0 bridgehead atoms. The molecule has 0 N–H and O–H groups in total. The summed E-state index contributed by atoms with van der Waals surface area (Å²) >= 11 is 1.60. The van der Waals surface area contributed by atoms with Crippen LogP contribution in [0.3, 0.4) is 0 Å². The van der Waals surface area contributed by atoms with Gasteiger partial charge in [-0.25, -0.2) is 13.4 Å². The van der Waals surface area contributed by atoms with Crippen molar-refractivity contribution in [2.75, 3.05) is 20.1 Å². The largest absolute Gasteiger partial charge is 0.339 e. The lowest BCUT2D eigenvalue weighted by molar-refractivity contribution is -0.130. The maximum absolute atomic E-state index is 12.6. The van der Waals surface area contributed by atoms with Crippen LogP contribution in [0.2, 0.25) is 0 Å². The second-order valence-corrected chi connectivity index (χ2v) is 10.1. The van der Waals surface area contributed by atoms with Crippen LogP contribution in [0.15, 0.2) is 53.4 Å². The molecule has 3 rings (SSSR count). The molecule has 0 fully saturated rings. The number of rotatable bonds is 9. The number of benzene rings is 2. The number of amides is 1. The Labute approximate surface area is 182 Å². The number of hydrogen-bond donors (Lipinski definition) is 0. The van der Waals surface area contributed by atoms with Gasteiger partial charge in [0.05, 0.1) is 21.7 Å². The van der Waals surface area contributed by atoms with Crippen LogP contribution in [-0.2, 0) is 27.8 Å². The van der Waals surface area contributed by atoms with E-state index >= 15 is 0 Å². The van der Waals surface area contributed by atoms with E-state index < -0.39 is 10.0 Å². The maximum atomic E-state index is 12.6. The lowest BCUT2D eigenvalue weighted by Crippen LogP contribution is -2.30.